The topological polar surface area (TPSA) is 196 Å². The Hall–Kier alpha value is -5.28. The highest BCUT2D eigenvalue weighted by molar-refractivity contribution is 6.33. The Balaban J connectivity index is 1.03. The predicted molar refractivity (Wildman–Crippen MR) is 278 cm³/mol. The van der Waals surface area contributed by atoms with Gasteiger partial charge in [0.15, 0.2) is 17.3 Å². The molecule has 1 unspecified atom stereocenters. The molecule has 11 rings (SSSR count). The first-order chi connectivity index (χ1) is 34.4. The quantitative estimate of drug-likeness (QED) is 0.0407. The summed E-state index contributed by atoms with van der Waals surface area (Å²) < 4.78 is 13.2. The zero-order valence-electron chi connectivity index (χ0n) is 42.6. The number of aliphatic imine (C=N–C) groups is 1. The maximum Gasteiger partial charge on any atom is 0.350 e. The van der Waals surface area contributed by atoms with Crippen molar-refractivity contribution in [2.75, 3.05) is 47.0 Å². The molecule has 1 aromatic rings. The second-order valence-electron chi connectivity index (χ2n) is 22.3. The normalized spacial score (nSPS) is 37.0. The molecule has 6 heterocycles. The number of carbonyl (C=O) groups excluding carboxylic acids is 3. The van der Waals surface area contributed by atoms with Crippen molar-refractivity contribution in [2.45, 2.75) is 127 Å². The maximum absolute atomic E-state index is 15.8. The van der Waals surface area contributed by atoms with Crippen LogP contribution in [0.25, 0.3) is 0 Å². The van der Waals surface area contributed by atoms with Crippen LogP contribution >= 0.6 is 0 Å². The van der Waals surface area contributed by atoms with Crippen molar-refractivity contribution in [1.29, 1.82) is 0 Å². The lowest BCUT2D eigenvalue weighted by Crippen LogP contribution is -2.53. The Bertz CT molecular complexity index is 2540. The minimum Gasteiger partial charge on any atom is -0.463 e. The van der Waals surface area contributed by atoms with Gasteiger partial charge in [0.05, 0.1) is 25.0 Å². The summed E-state index contributed by atoms with van der Waals surface area (Å²) >= 11 is 0. The summed E-state index contributed by atoms with van der Waals surface area (Å²) in [6.45, 7) is 9.45. The van der Waals surface area contributed by atoms with Crippen LogP contribution in [0.2, 0.25) is 0 Å². The summed E-state index contributed by atoms with van der Waals surface area (Å²) in [6.07, 6.45) is 29.4. The zero-order valence-corrected chi connectivity index (χ0v) is 42.6. The van der Waals surface area contributed by atoms with Crippen molar-refractivity contribution < 1.29 is 23.9 Å². The summed E-state index contributed by atoms with van der Waals surface area (Å²) in [7, 11) is 3.69. The molecule has 6 bridgehead atoms. The van der Waals surface area contributed by atoms with Crippen LogP contribution in [0.3, 0.4) is 0 Å². The van der Waals surface area contributed by atoms with Gasteiger partial charge in [-0.3, -0.25) is 14.6 Å². The molecule has 0 radical (unpaired) electrons. The summed E-state index contributed by atoms with van der Waals surface area (Å²) in [6, 6.07) is 5.63. The van der Waals surface area contributed by atoms with Crippen molar-refractivity contribution in [3.05, 3.63) is 118 Å². The average Bonchev–Trinajstić information content (AvgIpc) is 4.12. The third kappa shape index (κ3) is 9.05. The lowest BCUT2D eigenvalue weighted by Gasteiger charge is -2.52. The molecule has 1 saturated carbocycles. The molecule has 71 heavy (non-hydrogen) atoms. The number of hydrogen-bond acceptors (Lipinski definition) is 12. The van der Waals surface area contributed by atoms with E-state index in [4.69, 9.17) is 15.2 Å². The van der Waals surface area contributed by atoms with E-state index in [1.807, 2.05) is 37.5 Å². The number of nitrogens with one attached hydrogen (secondary N) is 7. The van der Waals surface area contributed by atoms with Gasteiger partial charge in [0.25, 0.3) is 5.60 Å². The van der Waals surface area contributed by atoms with Gasteiger partial charge >= 0.3 is 5.97 Å². The number of nitrogens with zero attached hydrogens (tertiary/aromatic N) is 1. The number of carbonyl (C=O) groups is 3. The number of likely N-dealkylation sites (N-methyl/N-ethyl adjacent to an activating group) is 1. The smallest absolute Gasteiger partial charge is 0.350 e. The zero-order chi connectivity index (χ0) is 49.5. The van der Waals surface area contributed by atoms with Crippen molar-refractivity contribution >= 4 is 23.5 Å². The van der Waals surface area contributed by atoms with Gasteiger partial charge in [0.2, 0.25) is 5.78 Å². The van der Waals surface area contributed by atoms with Crippen LogP contribution in [0.1, 0.15) is 118 Å². The highest BCUT2D eigenvalue weighted by Gasteiger charge is 2.85. The van der Waals surface area contributed by atoms with E-state index in [0.717, 1.165) is 99.0 Å². The molecule has 1 spiro atoms. The standard InChI is InChI=1S/C57H77N9O5/c1-6-61-45-27-38-11-7-14-41-37-13-9-22-54(3,30-36-16-19-46(58)64-32-36)31-39-12-8-15-43-49(39)51(68)57(52(69)70-33-44(45)42(18-17-37)48(38)41)56(71-57,50(43)67)24-20-35(2)29-55(23-10-25-63-53(60-5)66-55)40-21-26-62-47(28-40)65-34-59-4/h7-8,11-12,15-16,19-21,27-28,32,37,41-42,44-46,48,59,61-62,64-65H,6,9-10,13-14,17-18,22-26,29-31,33-34,58H2,1-5H3,(H2,60,63,66)/b35-20+/t37-,41+,42+,44+,45+,46?,48-,54-,55+,56+,57+/m1/s1. The van der Waals surface area contributed by atoms with Crippen LogP contribution in [0.5, 0.6) is 0 Å². The van der Waals surface area contributed by atoms with Crippen LogP contribution in [0, 0.1) is 35.0 Å². The Kier molecular flexibility index (Phi) is 13.9. The SMILES string of the molecule is CCN[C@H]1C=C2C=CC[C@H]3[C@@H]4CCC[C@](C)(CC5=CNC(N)C=C5)Cc5cccc6c5C(=O)[C@]5(O[C@@]5(C/C=C(\C)C[C@]5(C7=CCNC(NCNC)=C7)CCCNC(=NC)N5)C6=O)C(=O)OC[C@H]1[C@H](CC4)[C@H]23. The first kappa shape index (κ1) is 49.3. The molecular weight excluding hydrogens is 891 g/mol. The van der Waals surface area contributed by atoms with E-state index in [1.54, 1.807) is 13.1 Å². The largest absolute Gasteiger partial charge is 0.463 e. The lowest BCUT2D eigenvalue weighted by molar-refractivity contribution is -0.151. The minimum absolute atomic E-state index is 0.00131. The van der Waals surface area contributed by atoms with E-state index in [2.05, 4.69) is 99.4 Å². The number of Topliss-reactive ketones (excluding diaryl/α,β-unsaturated/α-hetero) is 2. The second-order valence-corrected chi connectivity index (χ2v) is 22.3. The number of ether oxygens (including phenoxy) is 2. The average molecular weight is 968 g/mol. The molecule has 14 heteroatoms. The molecule has 10 aliphatic rings. The Labute approximate surface area is 420 Å². The van der Waals surface area contributed by atoms with Crippen LogP contribution in [0.15, 0.2) is 106 Å². The first-order valence-electron chi connectivity index (χ1n) is 26.6. The summed E-state index contributed by atoms with van der Waals surface area (Å²) in [5.41, 5.74) is 7.56. The van der Waals surface area contributed by atoms with Crippen LogP contribution < -0.4 is 43.0 Å². The number of ketones is 2. The van der Waals surface area contributed by atoms with Gasteiger partial charge in [-0.1, -0.05) is 86.9 Å². The molecular formula is C57H77N9O5. The minimum atomic E-state index is -2.11. The third-order valence-corrected chi connectivity index (χ3v) is 17.7. The van der Waals surface area contributed by atoms with Gasteiger partial charge in [-0.2, -0.15) is 0 Å². The number of epoxide rings is 1. The van der Waals surface area contributed by atoms with Gasteiger partial charge in [-0.25, -0.2) is 4.79 Å². The highest BCUT2D eigenvalue weighted by Crippen LogP contribution is 2.60. The first-order valence-corrected chi connectivity index (χ1v) is 26.6. The Morgan fingerprint density at radius 2 is 1.92 bits per heavy atom. The lowest BCUT2D eigenvalue weighted by atomic mass is 9.54. The van der Waals surface area contributed by atoms with E-state index < -0.39 is 28.5 Å². The van der Waals surface area contributed by atoms with E-state index in [0.29, 0.717) is 66.8 Å². The van der Waals surface area contributed by atoms with E-state index in [-0.39, 0.29) is 42.4 Å². The predicted octanol–water partition coefficient (Wildman–Crippen LogP) is 5.88. The molecule has 0 aromatic heterocycles. The number of esters is 1. The molecule has 4 aliphatic carbocycles. The number of benzene rings is 1. The summed E-state index contributed by atoms with van der Waals surface area (Å²) in [5.74, 6) is 1.90. The van der Waals surface area contributed by atoms with E-state index in [1.165, 1.54) is 5.57 Å². The third-order valence-electron chi connectivity index (χ3n) is 17.7. The van der Waals surface area contributed by atoms with Crippen molar-refractivity contribution in [3.8, 4) is 0 Å². The fourth-order valence-corrected chi connectivity index (χ4v) is 14.3. The molecule has 1 aromatic carbocycles. The second kappa shape index (κ2) is 20.0. The van der Waals surface area contributed by atoms with Gasteiger partial charge in [-0.15, -0.1) is 0 Å². The van der Waals surface area contributed by atoms with Crippen molar-refractivity contribution in [3.63, 3.8) is 0 Å². The van der Waals surface area contributed by atoms with Gasteiger partial charge in [0, 0.05) is 55.8 Å². The van der Waals surface area contributed by atoms with E-state index in [9.17, 15) is 0 Å². The van der Waals surface area contributed by atoms with Crippen LogP contribution in [0.4, 0.5) is 0 Å². The van der Waals surface area contributed by atoms with Crippen LogP contribution in [-0.4, -0.2) is 99.4 Å². The maximum atomic E-state index is 15.8. The van der Waals surface area contributed by atoms with E-state index >= 15 is 14.4 Å². The monoisotopic (exact) mass is 968 g/mol. The number of allylic oxidation sites excluding steroid dienone is 5. The summed E-state index contributed by atoms with van der Waals surface area (Å²) in [5, 5.41) is 24.3. The van der Waals surface area contributed by atoms with Crippen molar-refractivity contribution in [1.82, 2.24) is 37.2 Å². The van der Waals surface area contributed by atoms with Gasteiger partial charge in [-0.05, 0) is 142 Å². The Morgan fingerprint density at radius 3 is 2.72 bits per heavy atom. The number of rotatable bonds is 12. The number of hydrogen-bond donors (Lipinski definition) is 8. The van der Waals surface area contributed by atoms with Crippen LogP contribution in [-0.2, 0) is 20.7 Å². The molecule has 6 aliphatic heterocycles. The number of fused-ring (bicyclic) bond motifs is 7. The fourth-order valence-electron chi connectivity index (χ4n) is 14.3. The molecule has 3 fully saturated rings. The number of nitrogens with two attached hydrogens (primary N) is 1. The van der Waals surface area contributed by atoms with Gasteiger partial charge in [0.1, 0.15) is 5.82 Å². The highest BCUT2D eigenvalue weighted by atomic mass is 16.7. The number of dihydropyridines is 2. The molecule has 11 atom stereocenters. The fraction of sp³-hybridized carbons (Fsp3) is 0.579. The Morgan fingerprint density at radius 1 is 1.04 bits per heavy atom. The molecule has 14 nitrogen and oxygen atoms in total. The molecule has 0 amide bonds. The molecule has 380 valence electrons. The van der Waals surface area contributed by atoms with Gasteiger partial charge < -0.3 is 52.4 Å². The summed E-state index contributed by atoms with van der Waals surface area (Å²) in [4.78, 5) is 51.2. The molecule has 2 saturated heterocycles. The van der Waals surface area contributed by atoms with Crippen molar-refractivity contribution in [2.24, 2.45) is 45.7 Å². The molecule has 9 N–H and O–H groups in total. The number of guanidine groups is 1.